The van der Waals surface area contributed by atoms with Crippen molar-refractivity contribution in [2.24, 2.45) is 0 Å². The Morgan fingerprint density at radius 2 is 1.79 bits per heavy atom. The molecule has 0 bridgehead atoms. The van der Waals surface area contributed by atoms with Gasteiger partial charge in [-0.3, -0.25) is 0 Å². The van der Waals surface area contributed by atoms with Crippen molar-refractivity contribution in [1.82, 2.24) is 0 Å². The van der Waals surface area contributed by atoms with Crippen molar-refractivity contribution in [3.8, 4) is 0 Å². The highest BCUT2D eigenvalue weighted by atomic mass is 35.5. The van der Waals surface area contributed by atoms with E-state index in [4.69, 9.17) is 11.6 Å². The molecule has 4 heteroatoms. The first kappa shape index (κ1) is 13.0. The van der Waals surface area contributed by atoms with Gasteiger partial charge >= 0.3 is 0 Å². The Bertz CT molecular complexity index is 639. The average Bonchev–Trinajstić information content (AvgIpc) is 2.80. The van der Waals surface area contributed by atoms with E-state index in [1.54, 1.807) is 12.1 Å². The van der Waals surface area contributed by atoms with Crippen LogP contribution in [0.2, 0.25) is 18.2 Å². The van der Waals surface area contributed by atoms with Crippen molar-refractivity contribution in [1.29, 1.82) is 0 Å². The Hall–Kier alpha value is -1.06. The largest absolute Gasteiger partial charge is 0.249 e. The molecule has 1 aliphatic heterocycles. The third kappa shape index (κ3) is 2.50. The van der Waals surface area contributed by atoms with Crippen LogP contribution in [0.25, 0.3) is 0 Å². The number of rotatable bonds is 2. The summed E-state index contributed by atoms with van der Waals surface area (Å²) in [6.45, 7) is 2.82. The van der Waals surface area contributed by atoms with Crippen LogP contribution in [-0.4, -0.2) is 10.9 Å². The van der Waals surface area contributed by atoms with Crippen LogP contribution in [-0.2, 0) is 17.2 Å². The molecule has 1 unspecified atom stereocenters. The van der Waals surface area contributed by atoms with Crippen molar-refractivity contribution >= 4 is 34.6 Å². The Balaban J connectivity index is 1.96. The minimum Gasteiger partial charge on any atom is -0.249 e. The molecule has 2 aromatic carbocycles. The van der Waals surface area contributed by atoms with Crippen LogP contribution in [0.3, 0.4) is 0 Å². The number of aryl methyl sites for hydroxylation is 1. The maximum atomic E-state index is 12.5. The Morgan fingerprint density at radius 1 is 1.11 bits per heavy atom. The van der Waals surface area contributed by atoms with Gasteiger partial charge in [0.2, 0.25) is 0 Å². The van der Waals surface area contributed by atoms with E-state index in [-0.39, 0.29) is 0 Å². The summed E-state index contributed by atoms with van der Waals surface area (Å²) in [7, 11) is -1.12. The molecule has 2 aromatic rings. The van der Waals surface area contributed by atoms with Crippen LogP contribution >= 0.6 is 11.6 Å². The molecule has 0 radical (unpaired) electrons. The van der Waals surface area contributed by atoms with Gasteiger partial charge in [-0.1, -0.05) is 47.9 Å². The topological polar surface area (TPSA) is 17.1 Å². The summed E-state index contributed by atoms with van der Waals surface area (Å²) in [5.74, 6) is 0. The first-order chi connectivity index (χ1) is 9.15. The van der Waals surface area contributed by atoms with Gasteiger partial charge in [0.05, 0.1) is 10.8 Å². The fraction of sp³-hybridized carbons (Fsp3) is 0.200. The van der Waals surface area contributed by atoms with Gasteiger partial charge < -0.3 is 0 Å². The summed E-state index contributed by atoms with van der Waals surface area (Å²) in [5, 5.41) is 0.670. The van der Waals surface area contributed by atoms with E-state index in [0.717, 1.165) is 16.2 Å². The quantitative estimate of drug-likeness (QED) is 0.774. The average molecular weight is 289 g/mol. The molecule has 0 saturated carbocycles. The predicted molar refractivity (Wildman–Crippen MR) is 82.3 cm³/mol. The number of hydrogen-bond acceptors (Lipinski definition) is 1. The molecule has 1 atom stereocenters. The lowest BCUT2D eigenvalue weighted by Gasteiger charge is -2.07. The summed E-state index contributed by atoms with van der Waals surface area (Å²) in [6.07, 6.45) is 2.34. The molecular formula is C15H14BClOS. The molecule has 96 valence electrons. The molecule has 0 aliphatic carbocycles. The smallest absolute Gasteiger partial charge is 0.173 e. The van der Waals surface area contributed by atoms with Crippen LogP contribution in [0.5, 0.6) is 0 Å². The molecule has 19 heavy (non-hydrogen) atoms. The minimum absolute atomic E-state index is 0.581. The Labute approximate surface area is 121 Å². The predicted octanol–water partition coefficient (Wildman–Crippen LogP) is 3.39. The van der Waals surface area contributed by atoms with Crippen LogP contribution in [0.15, 0.2) is 52.3 Å². The normalized spacial score (nSPS) is 15.4. The van der Waals surface area contributed by atoms with Gasteiger partial charge in [0.15, 0.2) is 6.71 Å². The summed E-state index contributed by atoms with van der Waals surface area (Å²) in [5.41, 5.74) is 2.77. The molecule has 0 N–H and O–H groups in total. The molecule has 0 amide bonds. The van der Waals surface area contributed by atoms with Gasteiger partial charge in [-0.15, -0.1) is 0 Å². The van der Waals surface area contributed by atoms with Crippen molar-refractivity contribution in [2.45, 2.75) is 29.4 Å². The van der Waals surface area contributed by atoms with E-state index in [1.165, 1.54) is 17.3 Å². The highest BCUT2D eigenvalue weighted by Crippen LogP contribution is 2.21. The van der Waals surface area contributed by atoms with Gasteiger partial charge in [0, 0.05) is 14.8 Å². The second-order valence-electron chi connectivity index (χ2n) is 5.02. The summed E-state index contributed by atoms with van der Waals surface area (Å²) >= 11 is 5.86. The van der Waals surface area contributed by atoms with Gasteiger partial charge in [-0.2, -0.15) is 0 Å². The van der Waals surface area contributed by atoms with Gasteiger partial charge in [-0.25, -0.2) is 4.21 Å². The van der Waals surface area contributed by atoms with Crippen molar-refractivity contribution < 1.29 is 4.21 Å². The molecular weight excluding hydrogens is 274 g/mol. The Kier molecular flexibility index (Phi) is 3.51. The van der Waals surface area contributed by atoms with Crippen LogP contribution in [0.4, 0.5) is 0 Å². The number of hydrogen-bond donors (Lipinski definition) is 0. The first-order valence-corrected chi connectivity index (χ1v) is 7.98. The molecule has 0 spiro atoms. The fourth-order valence-electron chi connectivity index (χ4n) is 2.60. The molecule has 1 heterocycles. The molecule has 0 fully saturated rings. The molecule has 0 saturated heterocycles. The lowest BCUT2D eigenvalue weighted by atomic mass is 9.48. The number of halogens is 1. The van der Waals surface area contributed by atoms with Crippen LogP contribution in [0, 0.1) is 0 Å². The SMILES string of the molecule is CB1CCc2ccc(S(=O)c3ccc(Cl)cc3)cc21. The lowest BCUT2D eigenvalue weighted by molar-refractivity contribution is 0.683. The zero-order valence-electron chi connectivity index (χ0n) is 10.7. The maximum absolute atomic E-state index is 12.5. The van der Waals surface area contributed by atoms with E-state index in [2.05, 4.69) is 19.0 Å². The molecule has 1 nitrogen and oxygen atoms in total. The van der Waals surface area contributed by atoms with E-state index in [0.29, 0.717) is 11.7 Å². The van der Waals surface area contributed by atoms with E-state index >= 15 is 0 Å². The third-order valence-electron chi connectivity index (χ3n) is 3.74. The van der Waals surface area contributed by atoms with E-state index < -0.39 is 10.8 Å². The highest BCUT2D eigenvalue weighted by Gasteiger charge is 2.22. The number of benzene rings is 2. The fourth-order valence-corrected chi connectivity index (χ4v) is 3.80. The van der Waals surface area contributed by atoms with Crippen molar-refractivity contribution in [3.05, 3.63) is 53.1 Å². The third-order valence-corrected chi connectivity index (χ3v) is 5.37. The Morgan fingerprint density at radius 3 is 2.53 bits per heavy atom. The second kappa shape index (κ2) is 5.14. The van der Waals surface area contributed by atoms with Crippen molar-refractivity contribution in [3.63, 3.8) is 0 Å². The standard InChI is InChI=1S/C15H14BClOS/c1-16-9-8-11-2-5-14(10-15(11)16)19(18)13-6-3-12(17)4-7-13/h2-7,10H,8-9H2,1H3. The molecule has 3 rings (SSSR count). The van der Waals surface area contributed by atoms with Gasteiger partial charge in [0.25, 0.3) is 0 Å². The first-order valence-electron chi connectivity index (χ1n) is 6.45. The van der Waals surface area contributed by atoms with Crippen LogP contribution in [0.1, 0.15) is 5.56 Å². The maximum Gasteiger partial charge on any atom is 0.173 e. The van der Waals surface area contributed by atoms with E-state index in [1.807, 2.05) is 18.2 Å². The molecule has 1 aliphatic rings. The monoisotopic (exact) mass is 288 g/mol. The van der Waals surface area contributed by atoms with Crippen LogP contribution < -0.4 is 5.46 Å². The summed E-state index contributed by atoms with van der Waals surface area (Å²) in [4.78, 5) is 1.69. The highest BCUT2D eigenvalue weighted by molar-refractivity contribution is 7.85. The van der Waals surface area contributed by atoms with Gasteiger partial charge in [-0.05, 0) is 36.8 Å². The lowest BCUT2D eigenvalue weighted by Crippen LogP contribution is -2.22. The zero-order valence-corrected chi connectivity index (χ0v) is 12.3. The van der Waals surface area contributed by atoms with Crippen molar-refractivity contribution in [2.75, 3.05) is 0 Å². The van der Waals surface area contributed by atoms with Gasteiger partial charge in [0.1, 0.15) is 0 Å². The zero-order chi connectivity index (χ0) is 13.4. The number of fused-ring (bicyclic) bond motifs is 1. The second-order valence-corrected chi connectivity index (χ2v) is 6.94. The molecule has 0 aromatic heterocycles. The summed E-state index contributed by atoms with van der Waals surface area (Å²) in [6, 6.07) is 13.4. The minimum atomic E-state index is -1.12. The summed E-state index contributed by atoms with van der Waals surface area (Å²) < 4.78 is 12.5. The van der Waals surface area contributed by atoms with E-state index in [9.17, 15) is 4.21 Å².